The van der Waals surface area contributed by atoms with Crippen LogP contribution in [-0.2, 0) is 17.8 Å². The molecule has 1 heterocycles. The van der Waals surface area contributed by atoms with Crippen LogP contribution >= 0.6 is 0 Å². The summed E-state index contributed by atoms with van der Waals surface area (Å²) in [6.07, 6.45) is 1.29. The van der Waals surface area contributed by atoms with Crippen molar-refractivity contribution in [2.24, 2.45) is 0 Å². The number of rotatable bonds is 6. The fourth-order valence-corrected chi connectivity index (χ4v) is 3.31. The number of aliphatic carboxylic acids is 1. The van der Waals surface area contributed by atoms with E-state index in [-0.39, 0.29) is 12.3 Å². The maximum atomic E-state index is 13.2. The molecule has 0 fully saturated rings. The van der Waals surface area contributed by atoms with Gasteiger partial charge in [0.15, 0.2) is 0 Å². The summed E-state index contributed by atoms with van der Waals surface area (Å²) >= 11 is 0. The smallest absolute Gasteiger partial charge is 0.307 e. The first kappa shape index (κ1) is 19.4. The molecule has 0 radical (unpaired) electrons. The molecule has 0 bridgehead atoms. The second kappa shape index (κ2) is 8.21. The van der Waals surface area contributed by atoms with Crippen LogP contribution in [-0.4, -0.2) is 21.6 Å². The number of fused-ring (bicyclic) bond motifs is 1. The number of nitrogens with zero attached hydrogens (tertiary/aromatic N) is 1. The molecular formula is C24H18FNO4. The Hall–Kier alpha value is -3.93. The van der Waals surface area contributed by atoms with Gasteiger partial charge in [-0.15, -0.1) is 0 Å². The molecule has 150 valence electrons. The second-order valence-electron chi connectivity index (χ2n) is 6.86. The lowest BCUT2D eigenvalue weighted by atomic mass is 10.1. The number of hydrogen-bond acceptors (Lipinski definition) is 3. The van der Waals surface area contributed by atoms with E-state index < -0.39 is 11.8 Å². The van der Waals surface area contributed by atoms with E-state index in [0.717, 1.165) is 5.56 Å². The van der Waals surface area contributed by atoms with E-state index in [0.29, 0.717) is 34.4 Å². The van der Waals surface area contributed by atoms with Crippen LogP contribution in [0.3, 0.4) is 0 Å². The zero-order valence-electron chi connectivity index (χ0n) is 15.9. The summed E-state index contributed by atoms with van der Waals surface area (Å²) in [7, 11) is 0. The number of ether oxygens (including phenoxy) is 1. The third-order valence-corrected chi connectivity index (χ3v) is 4.76. The molecule has 3 aromatic carbocycles. The minimum Gasteiger partial charge on any atom is -0.489 e. The first-order valence-corrected chi connectivity index (χ1v) is 9.34. The van der Waals surface area contributed by atoms with E-state index in [1.165, 1.54) is 35.0 Å². The molecule has 5 nitrogen and oxygen atoms in total. The predicted molar refractivity (Wildman–Crippen MR) is 110 cm³/mol. The molecule has 4 aromatic rings. The first-order chi connectivity index (χ1) is 14.5. The van der Waals surface area contributed by atoms with Crippen molar-refractivity contribution in [2.45, 2.75) is 13.0 Å². The molecule has 0 aliphatic carbocycles. The quantitative estimate of drug-likeness (QED) is 0.508. The van der Waals surface area contributed by atoms with Gasteiger partial charge in [0.25, 0.3) is 5.91 Å². The highest BCUT2D eigenvalue weighted by molar-refractivity contribution is 6.03. The van der Waals surface area contributed by atoms with Gasteiger partial charge in [0.1, 0.15) is 18.2 Å². The summed E-state index contributed by atoms with van der Waals surface area (Å²) < 4.78 is 20.4. The van der Waals surface area contributed by atoms with Gasteiger partial charge in [0, 0.05) is 17.1 Å². The summed E-state index contributed by atoms with van der Waals surface area (Å²) in [6.45, 7) is 0.371. The van der Waals surface area contributed by atoms with Crippen molar-refractivity contribution >= 4 is 22.8 Å². The van der Waals surface area contributed by atoms with Crippen molar-refractivity contribution in [2.75, 3.05) is 0 Å². The van der Waals surface area contributed by atoms with Crippen molar-refractivity contribution in [3.8, 4) is 5.75 Å². The van der Waals surface area contributed by atoms with Crippen LogP contribution < -0.4 is 4.74 Å². The molecule has 0 atom stereocenters. The Bertz CT molecular complexity index is 1210. The molecule has 6 heteroatoms. The van der Waals surface area contributed by atoms with Crippen molar-refractivity contribution in [3.05, 3.63) is 102 Å². The summed E-state index contributed by atoms with van der Waals surface area (Å²) in [5.74, 6) is -1.23. The summed E-state index contributed by atoms with van der Waals surface area (Å²) in [6, 6.07) is 20.1. The number of halogens is 1. The minimum absolute atomic E-state index is 0.234. The molecule has 0 amide bonds. The highest BCUT2D eigenvalue weighted by atomic mass is 19.1. The molecule has 0 aliphatic heterocycles. The molecule has 0 spiro atoms. The van der Waals surface area contributed by atoms with Gasteiger partial charge in [-0.3, -0.25) is 14.2 Å². The molecule has 1 N–H and O–H groups in total. The third kappa shape index (κ3) is 4.07. The summed E-state index contributed by atoms with van der Waals surface area (Å²) in [5.41, 5.74) is 2.37. The van der Waals surface area contributed by atoms with Crippen LogP contribution in [0.1, 0.15) is 21.5 Å². The average molecular weight is 403 g/mol. The van der Waals surface area contributed by atoms with Crippen LogP contribution in [0.2, 0.25) is 0 Å². The Morgan fingerprint density at radius 2 is 1.70 bits per heavy atom. The molecule has 30 heavy (non-hydrogen) atoms. The molecular weight excluding hydrogens is 385 g/mol. The van der Waals surface area contributed by atoms with Crippen LogP contribution in [0, 0.1) is 5.82 Å². The monoisotopic (exact) mass is 403 g/mol. The fourth-order valence-electron chi connectivity index (χ4n) is 3.31. The topological polar surface area (TPSA) is 68.5 Å². The number of carbonyl (C=O) groups excluding carboxylic acids is 1. The van der Waals surface area contributed by atoms with Crippen LogP contribution in [0.25, 0.3) is 10.9 Å². The lowest BCUT2D eigenvalue weighted by molar-refractivity contribution is -0.136. The maximum Gasteiger partial charge on any atom is 0.307 e. The Balaban J connectivity index is 1.70. The van der Waals surface area contributed by atoms with E-state index >= 15 is 0 Å². The zero-order chi connectivity index (χ0) is 21.1. The van der Waals surface area contributed by atoms with Crippen molar-refractivity contribution in [3.63, 3.8) is 0 Å². The average Bonchev–Trinajstić information content (AvgIpc) is 3.10. The van der Waals surface area contributed by atoms with Gasteiger partial charge in [-0.05, 0) is 53.6 Å². The molecule has 0 aliphatic rings. The Morgan fingerprint density at radius 1 is 0.967 bits per heavy atom. The number of carboxylic acid groups (broad SMARTS) is 1. The molecule has 0 saturated carbocycles. The molecule has 1 aromatic heterocycles. The van der Waals surface area contributed by atoms with E-state index in [9.17, 15) is 19.1 Å². The zero-order valence-corrected chi connectivity index (χ0v) is 15.9. The van der Waals surface area contributed by atoms with Crippen molar-refractivity contribution in [1.82, 2.24) is 4.57 Å². The first-order valence-electron chi connectivity index (χ1n) is 9.34. The molecule has 0 saturated heterocycles. The Kier molecular flexibility index (Phi) is 5.30. The SMILES string of the molecule is O=C(O)Cc1cn(C(=O)c2ccc(F)cc2)c2ccc(OCc3ccccc3)cc12. The normalized spacial score (nSPS) is 10.8. The fraction of sp³-hybridized carbons (Fsp3) is 0.0833. The number of hydrogen-bond donors (Lipinski definition) is 1. The number of aromatic nitrogens is 1. The summed E-state index contributed by atoms with van der Waals surface area (Å²) in [5, 5.41) is 9.90. The van der Waals surface area contributed by atoms with E-state index in [2.05, 4.69) is 0 Å². The van der Waals surface area contributed by atoms with Crippen LogP contribution in [0.4, 0.5) is 4.39 Å². The van der Waals surface area contributed by atoms with Crippen molar-refractivity contribution < 1.29 is 23.8 Å². The highest BCUT2D eigenvalue weighted by Gasteiger charge is 2.17. The van der Waals surface area contributed by atoms with Gasteiger partial charge < -0.3 is 9.84 Å². The number of carboxylic acids is 1. The molecule has 4 rings (SSSR count). The number of benzene rings is 3. The number of carbonyl (C=O) groups is 2. The maximum absolute atomic E-state index is 13.2. The van der Waals surface area contributed by atoms with Gasteiger partial charge in [-0.25, -0.2) is 4.39 Å². The van der Waals surface area contributed by atoms with E-state index in [1.54, 1.807) is 18.2 Å². The lowest BCUT2D eigenvalue weighted by Gasteiger charge is -2.08. The van der Waals surface area contributed by atoms with Crippen LogP contribution in [0.5, 0.6) is 5.75 Å². The van der Waals surface area contributed by atoms with E-state index in [1.807, 2.05) is 30.3 Å². The van der Waals surface area contributed by atoms with Gasteiger partial charge in [-0.1, -0.05) is 30.3 Å². The van der Waals surface area contributed by atoms with Crippen molar-refractivity contribution in [1.29, 1.82) is 0 Å². The lowest BCUT2D eigenvalue weighted by Crippen LogP contribution is -2.10. The second-order valence-corrected chi connectivity index (χ2v) is 6.86. The summed E-state index contributed by atoms with van der Waals surface area (Å²) in [4.78, 5) is 24.3. The van der Waals surface area contributed by atoms with Gasteiger partial charge in [0.2, 0.25) is 0 Å². The molecule has 0 unspecified atom stereocenters. The Morgan fingerprint density at radius 3 is 2.40 bits per heavy atom. The minimum atomic E-state index is -1.00. The van der Waals surface area contributed by atoms with Gasteiger partial charge >= 0.3 is 5.97 Å². The van der Waals surface area contributed by atoms with Crippen LogP contribution in [0.15, 0.2) is 79.0 Å². The third-order valence-electron chi connectivity index (χ3n) is 4.76. The Labute approximate surface area is 172 Å². The predicted octanol–water partition coefficient (Wildman–Crippen LogP) is 4.68. The van der Waals surface area contributed by atoms with Gasteiger partial charge in [-0.2, -0.15) is 0 Å². The van der Waals surface area contributed by atoms with E-state index in [4.69, 9.17) is 4.74 Å². The largest absolute Gasteiger partial charge is 0.489 e. The highest BCUT2D eigenvalue weighted by Crippen LogP contribution is 2.28. The van der Waals surface area contributed by atoms with Gasteiger partial charge in [0.05, 0.1) is 11.9 Å². The standard InChI is InChI=1S/C24H18FNO4/c25-19-8-6-17(7-9-19)24(29)26-14-18(12-23(27)28)21-13-20(10-11-22(21)26)30-15-16-4-2-1-3-5-16/h1-11,13-14H,12,15H2,(H,27,28).